The number of carbonyl (C=O) groups is 1. The van der Waals surface area contributed by atoms with Gasteiger partial charge in [-0.15, -0.1) is 11.8 Å². The van der Waals surface area contributed by atoms with Crippen molar-refractivity contribution >= 4 is 40.9 Å². The highest BCUT2D eigenvalue weighted by atomic mass is 35.5. The molecule has 1 aliphatic rings. The standard InChI is InChI=1S/C25H28ClN5O3S/c1-2-22-27-24(31(33)34)25(30(22)16-19-6-4-3-5-7-19)29-14-12-28(13-15-29)23(32)18-35-17-20-8-10-21(26)11-9-20/h3-11H,2,12-18H2,1H3. The van der Waals surface area contributed by atoms with Crippen molar-refractivity contribution in [3.05, 3.63) is 86.7 Å². The molecule has 8 nitrogen and oxygen atoms in total. The van der Waals surface area contributed by atoms with Gasteiger partial charge in [-0.25, -0.2) is 0 Å². The number of carbonyl (C=O) groups excluding carboxylic acids is 1. The molecule has 4 rings (SSSR count). The summed E-state index contributed by atoms with van der Waals surface area (Å²) < 4.78 is 1.95. The van der Waals surface area contributed by atoms with Crippen molar-refractivity contribution in [2.75, 3.05) is 36.8 Å². The summed E-state index contributed by atoms with van der Waals surface area (Å²) in [7, 11) is 0. The van der Waals surface area contributed by atoms with E-state index < -0.39 is 4.92 Å². The van der Waals surface area contributed by atoms with E-state index in [1.807, 2.05) is 75.9 Å². The minimum atomic E-state index is -0.402. The van der Waals surface area contributed by atoms with Gasteiger partial charge in [0.15, 0.2) is 0 Å². The van der Waals surface area contributed by atoms with Gasteiger partial charge in [0.1, 0.15) is 0 Å². The summed E-state index contributed by atoms with van der Waals surface area (Å²) >= 11 is 7.50. The third-order valence-electron chi connectivity index (χ3n) is 6.01. The molecule has 35 heavy (non-hydrogen) atoms. The molecule has 0 atom stereocenters. The molecule has 0 N–H and O–H groups in total. The van der Waals surface area contributed by atoms with E-state index in [4.69, 9.17) is 11.6 Å². The zero-order chi connectivity index (χ0) is 24.8. The Balaban J connectivity index is 1.41. The number of nitro groups is 1. The maximum absolute atomic E-state index is 12.8. The van der Waals surface area contributed by atoms with Gasteiger partial charge in [0.2, 0.25) is 17.5 Å². The van der Waals surface area contributed by atoms with Crippen molar-refractivity contribution in [3.8, 4) is 0 Å². The van der Waals surface area contributed by atoms with Gasteiger partial charge in [0.05, 0.1) is 12.3 Å². The van der Waals surface area contributed by atoms with E-state index >= 15 is 0 Å². The van der Waals surface area contributed by atoms with E-state index in [0.717, 1.165) is 16.9 Å². The number of halogens is 1. The zero-order valence-electron chi connectivity index (χ0n) is 19.6. The van der Waals surface area contributed by atoms with Gasteiger partial charge in [-0.2, -0.15) is 0 Å². The maximum atomic E-state index is 12.8. The summed E-state index contributed by atoms with van der Waals surface area (Å²) in [5, 5.41) is 12.6. The monoisotopic (exact) mass is 513 g/mol. The summed E-state index contributed by atoms with van der Waals surface area (Å²) in [6, 6.07) is 17.5. The number of thioether (sulfide) groups is 1. The third-order valence-corrected chi connectivity index (χ3v) is 7.25. The lowest BCUT2D eigenvalue weighted by Crippen LogP contribution is -2.50. The molecule has 0 radical (unpaired) electrons. The smallest absolute Gasteiger partial charge is 0.358 e. The topological polar surface area (TPSA) is 84.5 Å². The Kier molecular flexibility index (Phi) is 8.30. The second-order valence-corrected chi connectivity index (χ2v) is 9.77. The van der Waals surface area contributed by atoms with Crippen molar-refractivity contribution in [3.63, 3.8) is 0 Å². The molecule has 2 aromatic carbocycles. The van der Waals surface area contributed by atoms with Crippen LogP contribution in [0.4, 0.5) is 11.6 Å². The molecular formula is C25H28ClN5O3S. The first-order valence-electron chi connectivity index (χ1n) is 11.6. The number of imidazole rings is 1. The summed E-state index contributed by atoms with van der Waals surface area (Å²) in [6.45, 7) is 4.57. The summed E-state index contributed by atoms with van der Waals surface area (Å²) in [5.74, 6) is 2.33. The Morgan fingerprint density at radius 3 is 2.37 bits per heavy atom. The Morgan fingerprint density at radius 1 is 1.06 bits per heavy atom. The van der Waals surface area contributed by atoms with Crippen LogP contribution in [0.1, 0.15) is 23.9 Å². The lowest BCUT2D eigenvalue weighted by atomic mass is 10.2. The first kappa shape index (κ1) is 25.1. The van der Waals surface area contributed by atoms with Crippen LogP contribution in [-0.2, 0) is 23.5 Å². The van der Waals surface area contributed by atoms with Crippen molar-refractivity contribution in [1.82, 2.24) is 14.5 Å². The summed E-state index contributed by atoms with van der Waals surface area (Å²) in [6.07, 6.45) is 0.594. The fraction of sp³-hybridized carbons (Fsp3) is 0.360. The average molecular weight is 514 g/mol. The summed E-state index contributed by atoms with van der Waals surface area (Å²) in [5.41, 5.74) is 2.19. The van der Waals surface area contributed by atoms with Gasteiger partial charge in [0, 0.05) is 43.4 Å². The highest BCUT2D eigenvalue weighted by Gasteiger charge is 2.33. The van der Waals surface area contributed by atoms with Crippen molar-refractivity contribution < 1.29 is 9.72 Å². The largest absolute Gasteiger partial charge is 0.406 e. The van der Waals surface area contributed by atoms with E-state index in [0.29, 0.717) is 61.6 Å². The second-order valence-electron chi connectivity index (χ2n) is 8.34. The molecule has 0 saturated carbocycles. The number of rotatable bonds is 9. The van der Waals surface area contributed by atoms with Gasteiger partial charge in [-0.05, 0) is 33.2 Å². The molecule has 1 fully saturated rings. The number of piperazine rings is 1. The van der Waals surface area contributed by atoms with Crippen LogP contribution in [0.25, 0.3) is 0 Å². The number of benzene rings is 2. The lowest BCUT2D eigenvalue weighted by molar-refractivity contribution is -0.388. The van der Waals surface area contributed by atoms with Gasteiger partial charge in [-0.1, -0.05) is 61.0 Å². The van der Waals surface area contributed by atoms with Gasteiger partial charge >= 0.3 is 5.82 Å². The van der Waals surface area contributed by atoms with E-state index in [2.05, 4.69) is 4.98 Å². The van der Waals surface area contributed by atoms with Crippen LogP contribution >= 0.6 is 23.4 Å². The number of hydrogen-bond acceptors (Lipinski definition) is 6. The molecule has 0 aliphatic carbocycles. The normalized spacial score (nSPS) is 13.8. The maximum Gasteiger partial charge on any atom is 0.406 e. The zero-order valence-corrected chi connectivity index (χ0v) is 21.2. The number of aryl methyl sites for hydroxylation is 1. The Bertz CT molecular complexity index is 1160. The van der Waals surface area contributed by atoms with Crippen LogP contribution in [0.3, 0.4) is 0 Å². The van der Waals surface area contributed by atoms with E-state index in [-0.39, 0.29) is 11.7 Å². The van der Waals surface area contributed by atoms with Crippen molar-refractivity contribution in [2.24, 2.45) is 0 Å². The molecule has 0 bridgehead atoms. The number of amides is 1. The molecule has 2 heterocycles. The molecule has 3 aromatic rings. The minimum absolute atomic E-state index is 0.0881. The number of anilines is 1. The molecule has 184 valence electrons. The highest BCUT2D eigenvalue weighted by molar-refractivity contribution is 7.99. The lowest BCUT2D eigenvalue weighted by Gasteiger charge is -2.35. The van der Waals surface area contributed by atoms with Crippen LogP contribution in [-0.4, -0.2) is 57.2 Å². The van der Waals surface area contributed by atoms with Gasteiger partial charge < -0.3 is 19.9 Å². The fourth-order valence-corrected chi connectivity index (χ4v) is 5.22. The Labute approximate surface area is 214 Å². The van der Waals surface area contributed by atoms with Crippen molar-refractivity contribution in [1.29, 1.82) is 0 Å². The Morgan fingerprint density at radius 2 is 1.74 bits per heavy atom. The van der Waals surface area contributed by atoms with Crippen LogP contribution < -0.4 is 4.90 Å². The highest BCUT2D eigenvalue weighted by Crippen LogP contribution is 2.31. The predicted octanol–water partition coefficient (Wildman–Crippen LogP) is 4.64. The van der Waals surface area contributed by atoms with Gasteiger partial charge in [-0.3, -0.25) is 9.36 Å². The van der Waals surface area contributed by atoms with E-state index in [1.54, 1.807) is 11.8 Å². The number of hydrogen-bond donors (Lipinski definition) is 0. The molecule has 0 unspecified atom stereocenters. The number of aromatic nitrogens is 2. The van der Waals surface area contributed by atoms with Crippen molar-refractivity contribution in [2.45, 2.75) is 25.6 Å². The second kappa shape index (κ2) is 11.6. The molecule has 10 heteroatoms. The quantitative estimate of drug-likeness (QED) is 0.306. The SMILES string of the molecule is CCc1nc([N+](=O)[O-])c(N2CCN(C(=O)CSCc3ccc(Cl)cc3)CC2)n1Cc1ccccc1. The summed E-state index contributed by atoms with van der Waals surface area (Å²) in [4.78, 5) is 32.4. The van der Waals surface area contributed by atoms with E-state index in [9.17, 15) is 14.9 Å². The van der Waals surface area contributed by atoms with Crippen LogP contribution in [0.15, 0.2) is 54.6 Å². The first-order valence-corrected chi connectivity index (χ1v) is 13.1. The molecule has 1 aromatic heterocycles. The first-order chi connectivity index (χ1) is 17.0. The fourth-order valence-electron chi connectivity index (χ4n) is 4.21. The van der Waals surface area contributed by atoms with Crippen LogP contribution in [0.2, 0.25) is 5.02 Å². The molecule has 0 spiro atoms. The molecular weight excluding hydrogens is 486 g/mol. The van der Waals surface area contributed by atoms with E-state index in [1.165, 1.54) is 0 Å². The van der Waals surface area contributed by atoms with Gasteiger partial charge in [0.25, 0.3) is 0 Å². The minimum Gasteiger partial charge on any atom is -0.358 e. The Hall–Kier alpha value is -3.04. The predicted molar refractivity (Wildman–Crippen MR) is 140 cm³/mol. The number of nitrogens with zero attached hydrogens (tertiary/aromatic N) is 5. The molecule has 1 aliphatic heterocycles. The van der Waals surface area contributed by atoms with Crippen LogP contribution in [0, 0.1) is 10.1 Å². The van der Waals surface area contributed by atoms with Crippen LogP contribution in [0.5, 0.6) is 0 Å². The molecule has 1 saturated heterocycles. The average Bonchev–Trinajstić information content (AvgIpc) is 3.24. The third kappa shape index (κ3) is 6.15. The molecule has 1 amide bonds.